The molecule has 1 aromatic heterocycles. The van der Waals surface area contributed by atoms with Crippen LogP contribution in [0.2, 0.25) is 0 Å². The molecule has 1 fully saturated rings. The van der Waals surface area contributed by atoms with Crippen LogP contribution in [0.5, 0.6) is 0 Å². The average molecular weight is 265 g/mol. The summed E-state index contributed by atoms with van der Waals surface area (Å²) in [6.07, 6.45) is 0.467. The van der Waals surface area contributed by atoms with Gasteiger partial charge in [-0.05, 0) is 20.3 Å². The summed E-state index contributed by atoms with van der Waals surface area (Å²) >= 11 is 0. The van der Waals surface area contributed by atoms with E-state index in [9.17, 15) is 9.59 Å². The van der Waals surface area contributed by atoms with Crippen molar-refractivity contribution in [1.82, 2.24) is 20.1 Å². The van der Waals surface area contributed by atoms with Crippen LogP contribution in [0.15, 0.2) is 0 Å². The van der Waals surface area contributed by atoms with Crippen LogP contribution in [0.1, 0.15) is 17.8 Å². The van der Waals surface area contributed by atoms with Crippen molar-refractivity contribution < 1.29 is 14.7 Å². The van der Waals surface area contributed by atoms with Gasteiger partial charge in [0.1, 0.15) is 0 Å². The molecular weight excluding hydrogens is 250 g/mol. The first-order valence-corrected chi connectivity index (χ1v) is 5.94. The molecule has 1 aliphatic heterocycles. The number of carboxylic acid groups (broad SMARTS) is 1. The molecule has 8 heteroatoms. The van der Waals surface area contributed by atoms with Gasteiger partial charge in [-0.3, -0.25) is 10.1 Å². The first-order valence-electron chi connectivity index (χ1n) is 5.94. The molecule has 19 heavy (non-hydrogen) atoms. The van der Waals surface area contributed by atoms with Gasteiger partial charge in [0.15, 0.2) is 0 Å². The second-order valence-electron chi connectivity index (χ2n) is 4.51. The topological polar surface area (TPSA) is 108 Å². The Labute approximate surface area is 109 Å². The molecule has 0 saturated carbocycles. The van der Waals surface area contributed by atoms with E-state index >= 15 is 0 Å². The quantitative estimate of drug-likeness (QED) is 0.802. The summed E-state index contributed by atoms with van der Waals surface area (Å²) in [5, 5.41) is 19.0. The molecule has 1 aromatic rings. The minimum atomic E-state index is -0.876. The van der Waals surface area contributed by atoms with Crippen LogP contribution >= 0.6 is 0 Å². The summed E-state index contributed by atoms with van der Waals surface area (Å²) in [5.74, 6) is -1.24. The average Bonchev–Trinajstić information content (AvgIpc) is 2.83. The normalized spacial score (nSPS) is 18.4. The van der Waals surface area contributed by atoms with Crippen molar-refractivity contribution in [2.24, 2.45) is 5.92 Å². The molecule has 1 aliphatic rings. The number of anilines is 1. The molecule has 1 atom stereocenters. The summed E-state index contributed by atoms with van der Waals surface area (Å²) < 4.78 is 0. The predicted molar refractivity (Wildman–Crippen MR) is 65.6 cm³/mol. The Bertz CT molecular complexity index is 519. The Kier molecular flexibility index (Phi) is 3.59. The number of amides is 2. The second-order valence-corrected chi connectivity index (χ2v) is 4.51. The Balaban J connectivity index is 1.98. The van der Waals surface area contributed by atoms with Gasteiger partial charge >= 0.3 is 12.0 Å². The van der Waals surface area contributed by atoms with Gasteiger partial charge in [0.25, 0.3) is 5.95 Å². The number of urea groups is 1. The molecule has 1 unspecified atom stereocenters. The smallest absolute Gasteiger partial charge is 0.324 e. The third-order valence-electron chi connectivity index (χ3n) is 3.14. The molecule has 102 valence electrons. The molecule has 0 spiro atoms. The predicted octanol–water partition coefficient (Wildman–Crippen LogP) is 0.427. The molecule has 2 N–H and O–H groups in total. The van der Waals surface area contributed by atoms with E-state index in [0.29, 0.717) is 24.4 Å². The van der Waals surface area contributed by atoms with Crippen LogP contribution in [0.3, 0.4) is 0 Å². The van der Waals surface area contributed by atoms with E-state index in [4.69, 9.17) is 5.11 Å². The fourth-order valence-electron chi connectivity index (χ4n) is 1.83. The van der Waals surface area contributed by atoms with Gasteiger partial charge in [-0.1, -0.05) is 0 Å². The van der Waals surface area contributed by atoms with Crippen molar-refractivity contribution in [1.29, 1.82) is 0 Å². The van der Waals surface area contributed by atoms with Crippen LogP contribution in [0, 0.1) is 19.8 Å². The van der Waals surface area contributed by atoms with Gasteiger partial charge in [-0.25, -0.2) is 9.78 Å². The summed E-state index contributed by atoms with van der Waals surface area (Å²) in [5.41, 5.74) is 1.39. The minimum Gasteiger partial charge on any atom is -0.481 e. The molecule has 0 radical (unpaired) electrons. The zero-order chi connectivity index (χ0) is 14.0. The van der Waals surface area contributed by atoms with Crippen molar-refractivity contribution in [2.75, 3.05) is 18.4 Å². The van der Waals surface area contributed by atoms with Crippen molar-refractivity contribution >= 4 is 17.9 Å². The number of hydrogen-bond donors (Lipinski definition) is 2. The molecule has 2 rings (SSSR count). The third kappa shape index (κ3) is 2.95. The summed E-state index contributed by atoms with van der Waals surface area (Å²) in [6, 6.07) is -0.395. The number of carboxylic acids is 1. The Morgan fingerprint density at radius 3 is 2.63 bits per heavy atom. The lowest BCUT2D eigenvalue weighted by Gasteiger charge is -2.15. The van der Waals surface area contributed by atoms with E-state index in [1.807, 2.05) is 0 Å². The van der Waals surface area contributed by atoms with Gasteiger partial charge < -0.3 is 10.0 Å². The van der Waals surface area contributed by atoms with E-state index in [1.54, 1.807) is 13.8 Å². The molecule has 8 nitrogen and oxygen atoms in total. The molecule has 2 heterocycles. The number of nitrogens with one attached hydrogen (secondary N) is 1. The molecule has 0 bridgehead atoms. The number of hydrogen-bond acceptors (Lipinski definition) is 5. The van der Waals surface area contributed by atoms with Crippen LogP contribution in [0.4, 0.5) is 10.7 Å². The standard InChI is InChI=1S/C11H15N5O3/c1-6-7(2)14-15-10(12-6)13-11(19)16-4-3-8(5-16)9(17)18/h8H,3-5H2,1-2H3,(H,17,18)(H,12,13,15,19). The zero-order valence-corrected chi connectivity index (χ0v) is 10.8. The summed E-state index contributed by atoms with van der Waals surface area (Å²) in [6.45, 7) is 4.18. The summed E-state index contributed by atoms with van der Waals surface area (Å²) in [4.78, 5) is 28.2. The van der Waals surface area contributed by atoms with Crippen molar-refractivity contribution in [3.05, 3.63) is 11.4 Å². The number of aromatic nitrogens is 3. The Morgan fingerprint density at radius 2 is 2.05 bits per heavy atom. The minimum absolute atomic E-state index is 0.131. The highest BCUT2D eigenvalue weighted by Gasteiger charge is 2.31. The summed E-state index contributed by atoms with van der Waals surface area (Å²) in [7, 11) is 0. The first-order chi connectivity index (χ1) is 8.97. The number of nitrogens with zero attached hydrogens (tertiary/aromatic N) is 4. The highest BCUT2D eigenvalue weighted by Crippen LogP contribution is 2.17. The van der Waals surface area contributed by atoms with Crippen molar-refractivity contribution in [3.63, 3.8) is 0 Å². The maximum Gasteiger partial charge on any atom is 0.324 e. The van der Waals surface area contributed by atoms with E-state index < -0.39 is 17.9 Å². The zero-order valence-electron chi connectivity index (χ0n) is 10.8. The number of carbonyl (C=O) groups is 2. The molecule has 0 aromatic carbocycles. The van der Waals surface area contributed by atoms with E-state index in [1.165, 1.54) is 4.90 Å². The molecule has 0 aliphatic carbocycles. The lowest BCUT2D eigenvalue weighted by atomic mass is 10.1. The SMILES string of the molecule is Cc1nnc(NC(=O)N2CCC(C(=O)O)C2)nc1C. The number of rotatable bonds is 2. The largest absolute Gasteiger partial charge is 0.481 e. The lowest BCUT2D eigenvalue weighted by Crippen LogP contribution is -2.34. The highest BCUT2D eigenvalue weighted by atomic mass is 16.4. The van der Waals surface area contributed by atoms with Gasteiger partial charge in [0.05, 0.1) is 17.3 Å². The highest BCUT2D eigenvalue weighted by molar-refractivity contribution is 5.88. The van der Waals surface area contributed by atoms with Crippen LogP contribution in [-0.2, 0) is 4.79 Å². The van der Waals surface area contributed by atoms with Crippen LogP contribution < -0.4 is 5.32 Å². The molecular formula is C11H15N5O3. The maximum absolute atomic E-state index is 11.9. The van der Waals surface area contributed by atoms with E-state index in [2.05, 4.69) is 20.5 Å². The number of likely N-dealkylation sites (tertiary alicyclic amines) is 1. The first kappa shape index (κ1) is 13.2. The van der Waals surface area contributed by atoms with Gasteiger partial charge in [0, 0.05) is 13.1 Å². The van der Waals surface area contributed by atoms with Crippen molar-refractivity contribution in [2.45, 2.75) is 20.3 Å². The van der Waals surface area contributed by atoms with Crippen LogP contribution in [-0.4, -0.2) is 50.3 Å². The fourth-order valence-corrected chi connectivity index (χ4v) is 1.83. The molecule has 2 amide bonds. The monoisotopic (exact) mass is 265 g/mol. The lowest BCUT2D eigenvalue weighted by molar-refractivity contribution is -0.141. The Hall–Kier alpha value is -2.25. The number of aryl methyl sites for hydroxylation is 2. The number of carbonyl (C=O) groups excluding carboxylic acids is 1. The van der Waals surface area contributed by atoms with E-state index in [0.717, 1.165) is 0 Å². The fraction of sp³-hybridized carbons (Fsp3) is 0.545. The molecule has 1 saturated heterocycles. The maximum atomic E-state index is 11.9. The van der Waals surface area contributed by atoms with Crippen molar-refractivity contribution in [3.8, 4) is 0 Å². The third-order valence-corrected chi connectivity index (χ3v) is 3.14. The van der Waals surface area contributed by atoms with Crippen LogP contribution in [0.25, 0.3) is 0 Å². The van der Waals surface area contributed by atoms with Gasteiger partial charge in [-0.15, -0.1) is 5.10 Å². The van der Waals surface area contributed by atoms with Gasteiger partial charge in [-0.2, -0.15) is 5.10 Å². The van der Waals surface area contributed by atoms with Gasteiger partial charge in [0.2, 0.25) is 0 Å². The van der Waals surface area contributed by atoms with E-state index in [-0.39, 0.29) is 12.5 Å². The Morgan fingerprint density at radius 1 is 1.32 bits per heavy atom. The number of aliphatic carboxylic acids is 1. The second kappa shape index (κ2) is 5.17.